The van der Waals surface area contributed by atoms with Crippen molar-refractivity contribution in [3.05, 3.63) is 87.7 Å². The highest BCUT2D eigenvalue weighted by Gasteiger charge is 2.44. The second-order valence-corrected chi connectivity index (χ2v) is 17.2. The molecule has 7 rings (SSSR count). The van der Waals surface area contributed by atoms with Gasteiger partial charge in [0, 0.05) is 55.4 Å². The molecule has 1 spiro atoms. The molecule has 3 aromatic rings. The molecular weight excluding hydrogens is 686 g/mol. The van der Waals surface area contributed by atoms with E-state index in [1.807, 2.05) is 32.2 Å². The quantitative estimate of drug-likeness (QED) is 0.297. The van der Waals surface area contributed by atoms with Crippen LogP contribution in [-0.4, -0.2) is 64.5 Å². The Kier molecular flexibility index (Phi) is 10.3. The average Bonchev–Trinajstić information content (AvgIpc) is 3.33. The summed E-state index contributed by atoms with van der Waals surface area (Å²) in [5.41, 5.74) is 5.35. The van der Waals surface area contributed by atoms with Crippen molar-refractivity contribution < 1.29 is 23.3 Å². The minimum Gasteiger partial charge on any atom is -0.490 e. The molecule has 3 heterocycles. The van der Waals surface area contributed by atoms with E-state index < -0.39 is 21.7 Å². The maximum Gasteiger partial charge on any atom is 0.286 e. The van der Waals surface area contributed by atoms with Crippen molar-refractivity contribution in [2.24, 2.45) is 23.2 Å². The number of aromatic nitrogens is 2. The number of aryl methyl sites for hydroxylation is 3. The topological polar surface area (TPSA) is 115 Å². The zero-order valence-electron chi connectivity index (χ0n) is 29.7. The SMILES string of the molecule is CO[C@H]1/C=C\CCCS(=O)(NC(=O)CCc2c(C)cnn2C)=NC(=O)c2ccc3c(c2)N(C[C@@H]2CC[C@H]21)C[C@@]1(CCCc2cc(Cl)ccc21)CO3. The first-order valence-corrected chi connectivity index (χ1v) is 20.2. The fraction of sp³-hybridized carbons (Fsp3) is 0.513. The van der Waals surface area contributed by atoms with Gasteiger partial charge in [-0.05, 0) is 117 Å². The predicted molar refractivity (Wildman–Crippen MR) is 200 cm³/mol. The van der Waals surface area contributed by atoms with Crippen LogP contribution in [0.1, 0.15) is 77.7 Å². The van der Waals surface area contributed by atoms with Gasteiger partial charge in [-0.3, -0.25) is 19.0 Å². The molecule has 12 heteroatoms. The van der Waals surface area contributed by atoms with E-state index in [4.69, 9.17) is 21.1 Å². The summed E-state index contributed by atoms with van der Waals surface area (Å²) in [6.45, 7) is 3.97. The van der Waals surface area contributed by atoms with E-state index in [9.17, 15) is 13.8 Å². The number of carbonyl (C=O) groups is 2. The van der Waals surface area contributed by atoms with Gasteiger partial charge in [-0.1, -0.05) is 29.8 Å². The number of benzene rings is 2. The number of carbonyl (C=O) groups excluding carboxylic acids is 2. The standard InChI is InChI=1S/C39H48ClN5O5S/c1-26-22-41-44(2)33(26)15-17-37(46)42-51(48)19-6-4-5-9-35(49-3)31-13-10-29(31)23-45-24-39(18-7-8-27-20-30(40)12-14-32(27)39)25-50-36-16-11-28(21-34(36)45)38(47)43-51/h5,9,11-12,14,16,20-22,29,31,35H,4,6-8,10,13,15,17-19,23-25H2,1-3H3,(H,42,43,46,47,48)/b9-5-/t29-,31+,35-,39-,51?/m0/s1. The number of hydrogen-bond acceptors (Lipinski definition) is 7. The summed E-state index contributed by atoms with van der Waals surface area (Å²) in [6.07, 6.45) is 12.7. The van der Waals surface area contributed by atoms with E-state index in [0.29, 0.717) is 49.0 Å². The fourth-order valence-corrected chi connectivity index (χ4v) is 10.3. The summed E-state index contributed by atoms with van der Waals surface area (Å²) in [4.78, 5) is 29.5. The summed E-state index contributed by atoms with van der Waals surface area (Å²) < 4.78 is 35.7. The Balaban J connectivity index is 1.24. The lowest BCUT2D eigenvalue weighted by atomic mass is 9.68. The smallest absolute Gasteiger partial charge is 0.286 e. The minimum absolute atomic E-state index is 0.0389. The van der Waals surface area contributed by atoms with Crippen LogP contribution in [0.5, 0.6) is 5.75 Å². The molecule has 10 nitrogen and oxygen atoms in total. The Hall–Kier alpha value is -3.67. The van der Waals surface area contributed by atoms with Crippen LogP contribution in [0.2, 0.25) is 5.02 Å². The first-order valence-electron chi connectivity index (χ1n) is 18.1. The molecule has 5 atom stereocenters. The lowest BCUT2D eigenvalue weighted by molar-refractivity contribution is -0.119. The van der Waals surface area contributed by atoms with Crippen molar-refractivity contribution in [3.8, 4) is 5.75 Å². The minimum atomic E-state index is -3.42. The van der Waals surface area contributed by atoms with Crippen LogP contribution >= 0.6 is 11.6 Å². The maximum atomic E-state index is 14.3. The summed E-state index contributed by atoms with van der Waals surface area (Å²) in [5, 5.41) is 5.00. The van der Waals surface area contributed by atoms with Crippen LogP contribution < -0.4 is 14.4 Å². The summed E-state index contributed by atoms with van der Waals surface area (Å²) in [6, 6.07) is 11.6. The third kappa shape index (κ3) is 7.48. The van der Waals surface area contributed by atoms with Gasteiger partial charge in [-0.2, -0.15) is 5.10 Å². The number of halogens is 1. The van der Waals surface area contributed by atoms with Gasteiger partial charge in [0.25, 0.3) is 5.91 Å². The molecule has 272 valence electrons. The third-order valence-corrected chi connectivity index (χ3v) is 13.5. The van der Waals surface area contributed by atoms with E-state index in [1.165, 1.54) is 11.1 Å². The predicted octanol–water partition coefficient (Wildman–Crippen LogP) is 6.52. The zero-order chi connectivity index (χ0) is 35.8. The number of nitrogens with zero attached hydrogens (tertiary/aromatic N) is 4. The van der Waals surface area contributed by atoms with E-state index in [2.05, 4.69) is 43.4 Å². The van der Waals surface area contributed by atoms with Crippen LogP contribution in [0.3, 0.4) is 0 Å². The normalized spacial score (nSPS) is 28.4. The average molecular weight is 734 g/mol. The molecule has 1 N–H and O–H groups in total. The lowest BCUT2D eigenvalue weighted by Crippen LogP contribution is -2.49. The van der Waals surface area contributed by atoms with E-state index in [-0.39, 0.29) is 23.7 Å². The highest BCUT2D eigenvalue weighted by Crippen LogP contribution is 2.47. The Morgan fingerprint density at radius 3 is 2.82 bits per heavy atom. The first kappa shape index (κ1) is 35.7. The Morgan fingerprint density at radius 2 is 2.06 bits per heavy atom. The van der Waals surface area contributed by atoms with Crippen LogP contribution in [0.4, 0.5) is 5.69 Å². The van der Waals surface area contributed by atoms with Crippen LogP contribution in [0.15, 0.2) is 59.1 Å². The molecule has 2 aliphatic carbocycles. The number of amides is 2. The number of ether oxygens (including phenoxy) is 2. The highest BCUT2D eigenvalue weighted by atomic mass is 35.5. The number of allylic oxidation sites excluding steroid dienone is 1. The Morgan fingerprint density at radius 1 is 1.20 bits per heavy atom. The van der Waals surface area contributed by atoms with Crippen molar-refractivity contribution in [1.29, 1.82) is 0 Å². The molecule has 2 amide bonds. The van der Waals surface area contributed by atoms with Gasteiger partial charge in [0.05, 0.1) is 30.3 Å². The molecule has 1 aromatic heterocycles. The molecule has 1 fully saturated rings. The first-order chi connectivity index (χ1) is 24.6. The van der Waals surface area contributed by atoms with Gasteiger partial charge < -0.3 is 14.4 Å². The monoisotopic (exact) mass is 733 g/mol. The number of rotatable bonds is 5. The van der Waals surface area contributed by atoms with Crippen molar-refractivity contribution in [3.63, 3.8) is 0 Å². The lowest BCUT2D eigenvalue weighted by Gasteiger charge is -2.46. The van der Waals surface area contributed by atoms with Crippen molar-refractivity contribution in [1.82, 2.24) is 14.5 Å². The molecular formula is C39H48ClN5O5S. The second kappa shape index (κ2) is 14.8. The van der Waals surface area contributed by atoms with E-state index in [1.54, 1.807) is 24.1 Å². The van der Waals surface area contributed by atoms with Gasteiger partial charge in [0.1, 0.15) is 15.7 Å². The molecule has 2 aromatic carbocycles. The van der Waals surface area contributed by atoms with E-state index >= 15 is 0 Å². The molecule has 4 aliphatic rings. The number of methoxy groups -OCH3 is 1. The van der Waals surface area contributed by atoms with Gasteiger partial charge in [-0.15, -0.1) is 4.36 Å². The summed E-state index contributed by atoms with van der Waals surface area (Å²) in [7, 11) is 0.178. The molecule has 1 unspecified atom stereocenters. The molecule has 2 aliphatic heterocycles. The number of anilines is 1. The number of fused-ring (bicyclic) bond motifs is 4. The van der Waals surface area contributed by atoms with Crippen LogP contribution in [-0.2, 0) is 44.8 Å². The summed E-state index contributed by atoms with van der Waals surface area (Å²) >= 11 is 6.45. The number of hydrogen-bond donors (Lipinski definition) is 1. The van der Waals surface area contributed by atoms with E-state index in [0.717, 1.165) is 67.2 Å². The van der Waals surface area contributed by atoms with Crippen LogP contribution in [0.25, 0.3) is 0 Å². The van der Waals surface area contributed by atoms with Gasteiger partial charge in [0.15, 0.2) is 0 Å². The van der Waals surface area contributed by atoms with Gasteiger partial charge in [0.2, 0.25) is 5.91 Å². The maximum absolute atomic E-state index is 14.3. The van der Waals surface area contributed by atoms with Gasteiger partial charge >= 0.3 is 0 Å². The molecule has 0 saturated heterocycles. The largest absolute Gasteiger partial charge is 0.490 e. The number of nitrogens with one attached hydrogen (secondary N) is 1. The summed E-state index contributed by atoms with van der Waals surface area (Å²) in [5.74, 6) is 0.479. The third-order valence-electron chi connectivity index (χ3n) is 11.4. The molecule has 1 saturated carbocycles. The van der Waals surface area contributed by atoms with Crippen LogP contribution in [0, 0.1) is 18.8 Å². The zero-order valence-corrected chi connectivity index (χ0v) is 31.3. The molecule has 2 bridgehead atoms. The van der Waals surface area contributed by atoms with Gasteiger partial charge in [-0.25, -0.2) is 4.21 Å². The Bertz CT molecular complexity index is 1950. The fourth-order valence-electron chi connectivity index (χ4n) is 8.51. The molecule has 0 radical (unpaired) electrons. The highest BCUT2D eigenvalue weighted by molar-refractivity contribution is 7.92. The Labute approximate surface area is 306 Å². The van der Waals surface area contributed by atoms with Crippen molar-refractivity contribution in [2.75, 3.05) is 37.5 Å². The van der Waals surface area contributed by atoms with Crippen molar-refractivity contribution >= 4 is 39.0 Å². The van der Waals surface area contributed by atoms with Crippen molar-refractivity contribution in [2.45, 2.75) is 76.2 Å². The molecule has 51 heavy (non-hydrogen) atoms. The second-order valence-electron chi connectivity index (χ2n) is 14.7.